The molecule has 1 atom stereocenters. The molecule has 0 bridgehead atoms. The van der Waals surface area contributed by atoms with Crippen molar-refractivity contribution >= 4 is 0 Å². The van der Waals surface area contributed by atoms with Crippen LogP contribution in [-0.2, 0) is 4.74 Å². The van der Waals surface area contributed by atoms with Gasteiger partial charge in [0.25, 0.3) is 0 Å². The lowest BCUT2D eigenvalue weighted by Crippen LogP contribution is -2.38. The smallest absolute Gasteiger partial charge is 0.0908 e. The van der Waals surface area contributed by atoms with Crippen LogP contribution in [0.4, 0.5) is 0 Å². The normalized spacial score (nSPS) is 36.3. The highest BCUT2D eigenvalue weighted by atomic mass is 16.5. The summed E-state index contributed by atoms with van der Waals surface area (Å²) in [6.45, 7) is 0.854. The minimum absolute atomic E-state index is 0.157. The Labute approximate surface area is 67.6 Å². The molecule has 64 valence electrons. The molecule has 11 heavy (non-hydrogen) atoms. The summed E-state index contributed by atoms with van der Waals surface area (Å²) in [5.41, 5.74) is -0.448. The summed E-state index contributed by atoms with van der Waals surface area (Å²) >= 11 is 0. The fourth-order valence-corrected chi connectivity index (χ4v) is 2.31. The van der Waals surface area contributed by atoms with E-state index >= 15 is 0 Å². The van der Waals surface area contributed by atoms with Crippen molar-refractivity contribution in [2.45, 2.75) is 50.2 Å². The van der Waals surface area contributed by atoms with Crippen LogP contribution in [0.5, 0.6) is 0 Å². The van der Waals surface area contributed by atoms with E-state index in [1.54, 1.807) is 0 Å². The molecule has 1 N–H and O–H groups in total. The van der Waals surface area contributed by atoms with Crippen LogP contribution in [0.25, 0.3) is 0 Å². The highest BCUT2D eigenvalue weighted by Gasteiger charge is 2.41. The Kier molecular flexibility index (Phi) is 1.90. The molecule has 1 heterocycles. The summed E-state index contributed by atoms with van der Waals surface area (Å²) < 4.78 is 5.49. The van der Waals surface area contributed by atoms with Crippen LogP contribution in [0.3, 0.4) is 0 Å². The summed E-state index contributed by atoms with van der Waals surface area (Å²) in [5.74, 6) is 0. The van der Waals surface area contributed by atoms with E-state index < -0.39 is 5.60 Å². The summed E-state index contributed by atoms with van der Waals surface area (Å²) in [7, 11) is 0. The first-order valence-corrected chi connectivity index (χ1v) is 4.65. The van der Waals surface area contributed by atoms with Gasteiger partial charge in [0.05, 0.1) is 11.7 Å². The first-order chi connectivity index (χ1) is 5.31. The second-order valence-corrected chi connectivity index (χ2v) is 3.81. The molecule has 1 aliphatic carbocycles. The maximum Gasteiger partial charge on any atom is 0.0908 e. The van der Waals surface area contributed by atoms with Gasteiger partial charge in [0.1, 0.15) is 0 Å². The maximum atomic E-state index is 10.1. The van der Waals surface area contributed by atoms with Crippen LogP contribution in [0.1, 0.15) is 38.5 Å². The molecule has 2 nitrogen and oxygen atoms in total. The van der Waals surface area contributed by atoms with Crippen LogP contribution >= 0.6 is 0 Å². The topological polar surface area (TPSA) is 29.5 Å². The van der Waals surface area contributed by atoms with Crippen LogP contribution in [0.2, 0.25) is 0 Å². The highest BCUT2D eigenvalue weighted by molar-refractivity contribution is 4.93. The van der Waals surface area contributed by atoms with Crippen LogP contribution in [-0.4, -0.2) is 23.4 Å². The van der Waals surface area contributed by atoms with Gasteiger partial charge in [-0.1, -0.05) is 12.8 Å². The first-order valence-electron chi connectivity index (χ1n) is 4.65. The van der Waals surface area contributed by atoms with Gasteiger partial charge in [-0.25, -0.2) is 0 Å². The van der Waals surface area contributed by atoms with Gasteiger partial charge in [0.2, 0.25) is 0 Å². The molecule has 0 aromatic rings. The molecule has 0 radical (unpaired) electrons. The molecule has 1 saturated carbocycles. The fourth-order valence-electron chi connectivity index (χ4n) is 2.31. The van der Waals surface area contributed by atoms with E-state index in [-0.39, 0.29) is 6.10 Å². The predicted molar refractivity (Wildman–Crippen MR) is 42.4 cm³/mol. The molecular formula is C9H16O2. The second kappa shape index (κ2) is 2.76. The van der Waals surface area contributed by atoms with Crippen molar-refractivity contribution in [3.8, 4) is 0 Å². The number of hydrogen-bond donors (Lipinski definition) is 1. The Hall–Kier alpha value is -0.0800. The highest BCUT2D eigenvalue weighted by Crippen LogP contribution is 2.37. The van der Waals surface area contributed by atoms with Crippen LogP contribution in [0.15, 0.2) is 0 Å². The van der Waals surface area contributed by atoms with Crippen molar-refractivity contribution in [3.05, 3.63) is 0 Å². The van der Waals surface area contributed by atoms with Crippen molar-refractivity contribution in [2.24, 2.45) is 0 Å². The van der Waals surface area contributed by atoms with Crippen molar-refractivity contribution in [1.82, 2.24) is 0 Å². The Bertz CT molecular complexity index is 132. The molecule has 2 heteroatoms. The number of ether oxygens (including phenoxy) is 1. The number of hydrogen-bond acceptors (Lipinski definition) is 2. The SMILES string of the molecule is OC1(C2CCCO2)CCCC1. The Morgan fingerprint density at radius 1 is 1.18 bits per heavy atom. The second-order valence-electron chi connectivity index (χ2n) is 3.81. The molecule has 2 rings (SSSR count). The van der Waals surface area contributed by atoms with Crippen LogP contribution < -0.4 is 0 Å². The summed E-state index contributed by atoms with van der Waals surface area (Å²) in [6, 6.07) is 0. The molecule has 1 aliphatic heterocycles. The van der Waals surface area contributed by atoms with Crippen molar-refractivity contribution in [2.75, 3.05) is 6.61 Å². The Morgan fingerprint density at radius 3 is 2.45 bits per heavy atom. The summed E-state index contributed by atoms with van der Waals surface area (Å²) in [5, 5.41) is 10.1. The predicted octanol–water partition coefficient (Wildman–Crippen LogP) is 1.47. The molecule has 2 aliphatic rings. The maximum absolute atomic E-state index is 10.1. The summed E-state index contributed by atoms with van der Waals surface area (Å²) in [4.78, 5) is 0. The van der Waals surface area contributed by atoms with Gasteiger partial charge in [-0.2, -0.15) is 0 Å². The minimum Gasteiger partial charge on any atom is -0.387 e. The van der Waals surface area contributed by atoms with Gasteiger partial charge in [-0.15, -0.1) is 0 Å². The third-order valence-electron chi connectivity index (χ3n) is 3.00. The minimum atomic E-state index is -0.448. The zero-order chi connectivity index (χ0) is 7.73. The quantitative estimate of drug-likeness (QED) is 0.623. The molecule has 1 saturated heterocycles. The lowest BCUT2D eigenvalue weighted by molar-refractivity contribution is -0.0797. The molecule has 2 fully saturated rings. The van der Waals surface area contributed by atoms with Gasteiger partial charge in [0, 0.05) is 6.61 Å². The Morgan fingerprint density at radius 2 is 1.91 bits per heavy atom. The fraction of sp³-hybridized carbons (Fsp3) is 1.00. The van der Waals surface area contributed by atoms with Gasteiger partial charge in [-0.05, 0) is 25.7 Å². The van der Waals surface area contributed by atoms with Gasteiger partial charge in [-0.3, -0.25) is 0 Å². The number of aliphatic hydroxyl groups is 1. The molecule has 0 amide bonds. The van der Waals surface area contributed by atoms with Gasteiger partial charge < -0.3 is 9.84 Å². The third kappa shape index (κ3) is 1.30. The monoisotopic (exact) mass is 156 g/mol. The summed E-state index contributed by atoms with van der Waals surface area (Å²) in [6.07, 6.45) is 6.62. The van der Waals surface area contributed by atoms with E-state index in [2.05, 4.69) is 0 Å². The van der Waals surface area contributed by atoms with Crippen LogP contribution in [0, 0.1) is 0 Å². The van der Waals surface area contributed by atoms with E-state index in [0.717, 1.165) is 32.3 Å². The van der Waals surface area contributed by atoms with Crippen molar-refractivity contribution < 1.29 is 9.84 Å². The number of rotatable bonds is 1. The van der Waals surface area contributed by atoms with E-state index in [1.165, 1.54) is 12.8 Å². The zero-order valence-corrected chi connectivity index (χ0v) is 6.88. The molecular weight excluding hydrogens is 140 g/mol. The van der Waals surface area contributed by atoms with E-state index in [4.69, 9.17) is 4.74 Å². The van der Waals surface area contributed by atoms with Crippen molar-refractivity contribution in [1.29, 1.82) is 0 Å². The standard InChI is InChI=1S/C9H16O2/c10-9(5-1-2-6-9)8-4-3-7-11-8/h8,10H,1-7H2. The van der Waals surface area contributed by atoms with E-state index in [9.17, 15) is 5.11 Å². The first kappa shape index (κ1) is 7.56. The van der Waals surface area contributed by atoms with E-state index in [1.807, 2.05) is 0 Å². The lowest BCUT2D eigenvalue weighted by atomic mass is 9.93. The lowest BCUT2D eigenvalue weighted by Gasteiger charge is -2.28. The van der Waals surface area contributed by atoms with Gasteiger partial charge >= 0.3 is 0 Å². The third-order valence-corrected chi connectivity index (χ3v) is 3.00. The van der Waals surface area contributed by atoms with Gasteiger partial charge in [0.15, 0.2) is 0 Å². The Balaban J connectivity index is 2.00. The molecule has 1 unspecified atom stereocenters. The molecule has 0 aromatic heterocycles. The van der Waals surface area contributed by atoms with Crippen molar-refractivity contribution in [3.63, 3.8) is 0 Å². The zero-order valence-electron chi connectivity index (χ0n) is 6.88. The van der Waals surface area contributed by atoms with E-state index in [0.29, 0.717) is 0 Å². The average molecular weight is 156 g/mol. The molecule has 0 aromatic carbocycles. The molecule has 0 spiro atoms. The average Bonchev–Trinajstić information content (AvgIpc) is 2.55. The largest absolute Gasteiger partial charge is 0.387 e.